The third-order valence-electron chi connectivity index (χ3n) is 6.36. The molecule has 0 saturated carbocycles. The molecule has 3 aliphatic rings. The highest BCUT2D eigenvalue weighted by molar-refractivity contribution is 6.11. The Hall–Kier alpha value is -2.98. The SMILES string of the molecule is CN1C(=O)N2CCN3C(=N)[C@](C)(c4ccccc4[C@]1(C)C2=N)N(C)C3=O.O.O. The summed E-state index contributed by atoms with van der Waals surface area (Å²) in [7, 11) is 3.40. The highest BCUT2D eigenvalue weighted by Gasteiger charge is 2.58. The highest BCUT2D eigenvalue weighted by Crippen LogP contribution is 2.45. The molecule has 0 unspecified atom stereocenters. The van der Waals surface area contributed by atoms with Gasteiger partial charge in [0.2, 0.25) is 0 Å². The molecular formula is C18H26N6O4. The van der Waals surface area contributed by atoms with E-state index in [2.05, 4.69) is 0 Å². The lowest BCUT2D eigenvalue weighted by Crippen LogP contribution is -2.49. The van der Waals surface area contributed by atoms with Crippen molar-refractivity contribution in [1.82, 2.24) is 19.6 Å². The number of fused-ring (bicyclic) bond motifs is 7. The zero-order chi connectivity index (χ0) is 19.0. The standard InChI is InChI=1S/C18H22N6O2.2H2O/c1-17-11-7-5-6-8-12(11)18(2)14(20)24(16(26)22(18)4)10-9-23(13(17)19)15(25)21(17)3;;/h5-8,19-20H,9-10H2,1-4H3;2*1H2/t17-,18+;;. The van der Waals surface area contributed by atoms with E-state index in [-0.39, 0.29) is 47.8 Å². The number of hydrogen-bond acceptors (Lipinski definition) is 4. The summed E-state index contributed by atoms with van der Waals surface area (Å²) in [6.45, 7) is 4.10. The molecule has 10 nitrogen and oxygen atoms in total. The van der Waals surface area contributed by atoms with E-state index in [1.807, 2.05) is 38.1 Å². The molecular weight excluding hydrogens is 364 g/mol. The molecule has 2 fully saturated rings. The summed E-state index contributed by atoms with van der Waals surface area (Å²) in [5, 5.41) is 17.4. The van der Waals surface area contributed by atoms with Gasteiger partial charge >= 0.3 is 12.1 Å². The van der Waals surface area contributed by atoms with Crippen molar-refractivity contribution in [3.63, 3.8) is 0 Å². The van der Waals surface area contributed by atoms with Gasteiger partial charge in [-0.1, -0.05) is 24.3 Å². The summed E-state index contributed by atoms with van der Waals surface area (Å²) in [5.41, 5.74) is -0.380. The molecule has 4 rings (SSSR count). The number of nitrogens with one attached hydrogen (secondary N) is 2. The molecule has 3 heterocycles. The Morgan fingerprint density at radius 1 is 0.786 bits per heavy atom. The Labute approximate surface area is 162 Å². The number of hydrogen-bond donors (Lipinski definition) is 2. The van der Waals surface area contributed by atoms with Gasteiger partial charge in [0.15, 0.2) is 0 Å². The molecule has 152 valence electrons. The van der Waals surface area contributed by atoms with E-state index in [4.69, 9.17) is 10.8 Å². The summed E-state index contributed by atoms with van der Waals surface area (Å²) in [6.07, 6.45) is 0. The molecule has 0 radical (unpaired) electrons. The molecule has 28 heavy (non-hydrogen) atoms. The number of benzene rings is 1. The minimum Gasteiger partial charge on any atom is -0.412 e. The average Bonchev–Trinajstić information content (AvgIpc) is 2.90. The summed E-state index contributed by atoms with van der Waals surface area (Å²) in [5.74, 6) is 0.398. The number of rotatable bonds is 0. The molecule has 2 atom stereocenters. The number of carbonyl (C=O) groups is 2. The number of carbonyl (C=O) groups excluding carboxylic acids is 2. The second kappa shape index (κ2) is 6.28. The zero-order valence-electron chi connectivity index (χ0n) is 16.3. The lowest BCUT2D eigenvalue weighted by Gasteiger charge is -2.39. The fourth-order valence-electron chi connectivity index (χ4n) is 4.34. The van der Waals surface area contributed by atoms with Crippen molar-refractivity contribution in [3.05, 3.63) is 35.4 Å². The molecule has 0 aromatic heterocycles. The minimum absolute atomic E-state index is 0. The van der Waals surface area contributed by atoms with Crippen molar-refractivity contribution in [2.45, 2.75) is 24.9 Å². The largest absolute Gasteiger partial charge is 0.412 e. The Morgan fingerprint density at radius 2 is 1.11 bits per heavy atom. The van der Waals surface area contributed by atoms with Crippen molar-refractivity contribution in [2.24, 2.45) is 0 Å². The van der Waals surface area contributed by atoms with Gasteiger partial charge in [-0.3, -0.25) is 20.6 Å². The molecule has 2 saturated heterocycles. The second-order valence-electron chi connectivity index (χ2n) is 7.37. The monoisotopic (exact) mass is 390 g/mol. The van der Waals surface area contributed by atoms with Gasteiger partial charge in [-0.05, 0) is 25.0 Å². The van der Waals surface area contributed by atoms with E-state index in [0.29, 0.717) is 0 Å². The maximum Gasteiger partial charge on any atom is 0.326 e. The number of likely N-dealkylation sites (N-methyl/N-ethyl adjacent to an activating group) is 2. The van der Waals surface area contributed by atoms with Crippen LogP contribution in [0.4, 0.5) is 9.59 Å². The first-order valence-electron chi connectivity index (χ1n) is 8.55. The number of amidine groups is 2. The van der Waals surface area contributed by atoms with Crippen molar-refractivity contribution in [2.75, 3.05) is 27.2 Å². The van der Waals surface area contributed by atoms with Crippen LogP contribution in [-0.2, 0) is 11.1 Å². The molecule has 0 aliphatic carbocycles. The van der Waals surface area contributed by atoms with Gasteiger partial charge < -0.3 is 20.8 Å². The van der Waals surface area contributed by atoms with E-state index in [0.717, 1.165) is 11.1 Å². The van der Waals surface area contributed by atoms with Gasteiger partial charge in [-0.25, -0.2) is 9.59 Å². The maximum absolute atomic E-state index is 12.8. The highest BCUT2D eigenvalue weighted by atomic mass is 16.2. The second-order valence-corrected chi connectivity index (χ2v) is 7.37. The lowest BCUT2D eigenvalue weighted by molar-refractivity contribution is 0.171. The van der Waals surface area contributed by atoms with Crippen LogP contribution >= 0.6 is 0 Å². The van der Waals surface area contributed by atoms with Gasteiger partial charge in [0.05, 0.1) is 0 Å². The number of nitrogens with zero attached hydrogens (tertiary/aromatic N) is 4. The maximum atomic E-state index is 12.8. The normalized spacial score (nSPS) is 28.9. The summed E-state index contributed by atoms with van der Waals surface area (Å²) in [6, 6.07) is 6.99. The molecule has 10 heteroatoms. The average molecular weight is 390 g/mol. The molecule has 3 aliphatic heterocycles. The van der Waals surface area contributed by atoms with Gasteiger partial charge in [0.1, 0.15) is 22.7 Å². The summed E-state index contributed by atoms with van der Waals surface area (Å²) < 4.78 is 0. The quantitative estimate of drug-likeness (QED) is 0.647. The van der Waals surface area contributed by atoms with Crippen LogP contribution in [0.1, 0.15) is 25.0 Å². The van der Waals surface area contributed by atoms with Crippen LogP contribution in [-0.4, -0.2) is 81.5 Å². The Kier molecular flexibility index (Phi) is 4.78. The van der Waals surface area contributed by atoms with Gasteiger partial charge in [-0.15, -0.1) is 0 Å². The van der Waals surface area contributed by atoms with Gasteiger partial charge in [-0.2, -0.15) is 0 Å². The fourth-order valence-corrected chi connectivity index (χ4v) is 4.34. The van der Waals surface area contributed by atoms with Crippen LogP contribution < -0.4 is 0 Å². The number of amides is 4. The van der Waals surface area contributed by atoms with E-state index in [1.165, 1.54) is 9.80 Å². The molecule has 0 spiro atoms. The fraction of sp³-hybridized carbons (Fsp3) is 0.444. The van der Waals surface area contributed by atoms with Crippen LogP contribution in [0, 0.1) is 10.8 Å². The van der Waals surface area contributed by atoms with E-state index < -0.39 is 11.1 Å². The molecule has 4 amide bonds. The molecule has 6 N–H and O–H groups in total. The van der Waals surface area contributed by atoms with Crippen molar-refractivity contribution >= 4 is 23.7 Å². The Bertz CT molecular complexity index is 818. The van der Waals surface area contributed by atoms with Crippen LogP contribution in [0.25, 0.3) is 0 Å². The Balaban J connectivity index is 0.00000140. The molecule has 1 aromatic rings. The molecule has 1 aromatic carbocycles. The first-order valence-corrected chi connectivity index (χ1v) is 8.55. The third kappa shape index (κ3) is 2.09. The Morgan fingerprint density at radius 3 is 1.43 bits per heavy atom. The van der Waals surface area contributed by atoms with Crippen LogP contribution in [0.3, 0.4) is 0 Å². The summed E-state index contributed by atoms with van der Waals surface area (Å²) in [4.78, 5) is 31.6. The van der Waals surface area contributed by atoms with Gasteiger partial charge in [0.25, 0.3) is 0 Å². The topological polar surface area (TPSA) is 158 Å². The lowest BCUT2D eigenvalue weighted by atomic mass is 9.78. The smallest absolute Gasteiger partial charge is 0.326 e. The van der Waals surface area contributed by atoms with Crippen LogP contribution in [0.2, 0.25) is 0 Å². The van der Waals surface area contributed by atoms with Gasteiger partial charge in [0, 0.05) is 27.2 Å². The van der Waals surface area contributed by atoms with Crippen molar-refractivity contribution < 1.29 is 20.5 Å². The predicted molar refractivity (Wildman–Crippen MR) is 104 cm³/mol. The van der Waals surface area contributed by atoms with E-state index >= 15 is 0 Å². The van der Waals surface area contributed by atoms with E-state index in [1.54, 1.807) is 23.9 Å². The third-order valence-corrected chi connectivity index (χ3v) is 6.36. The van der Waals surface area contributed by atoms with Crippen LogP contribution in [0.5, 0.6) is 0 Å². The first-order chi connectivity index (χ1) is 12.2. The van der Waals surface area contributed by atoms with Crippen LogP contribution in [0.15, 0.2) is 24.3 Å². The van der Waals surface area contributed by atoms with Crippen molar-refractivity contribution in [3.8, 4) is 0 Å². The van der Waals surface area contributed by atoms with Crippen molar-refractivity contribution in [1.29, 1.82) is 10.8 Å². The zero-order valence-corrected chi connectivity index (χ0v) is 16.3. The number of urea groups is 2. The predicted octanol–water partition coefficient (Wildman–Crippen LogP) is 0.171. The summed E-state index contributed by atoms with van der Waals surface area (Å²) >= 11 is 0. The molecule has 4 bridgehead atoms. The first kappa shape index (κ1) is 21.3. The van der Waals surface area contributed by atoms with E-state index in [9.17, 15) is 9.59 Å². The minimum atomic E-state index is -0.953.